The summed E-state index contributed by atoms with van der Waals surface area (Å²) >= 11 is 1.42. The lowest BCUT2D eigenvalue weighted by Crippen LogP contribution is -2.37. The molecule has 100 valence electrons. The summed E-state index contributed by atoms with van der Waals surface area (Å²) in [6.45, 7) is 5.44. The average Bonchev–Trinajstić information content (AvgIpc) is 2.34. The van der Waals surface area contributed by atoms with Crippen molar-refractivity contribution in [3.05, 3.63) is 17.1 Å². The van der Waals surface area contributed by atoms with Gasteiger partial charge in [0.05, 0.1) is 23.9 Å². The summed E-state index contributed by atoms with van der Waals surface area (Å²) in [6, 6.07) is -0.229. The molecule has 1 aromatic heterocycles. The first-order chi connectivity index (χ1) is 8.53. The molecule has 0 saturated carbocycles. The summed E-state index contributed by atoms with van der Waals surface area (Å²) in [5, 5.41) is 12.6. The highest BCUT2D eigenvalue weighted by Gasteiger charge is 2.19. The summed E-state index contributed by atoms with van der Waals surface area (Å²) in [5.41, 5.74) is 1.16. The first kappa shape index (κ1) is 14.9. The van der Waals surface area contributed by atoms with Crippen LogP contribution in [0.1, 0.15) is 35.2 Å². The van der Waals surface area contributed by atoms with Crippen molar-refractivity contribution < 1.29 is 9.90 Å². The summed E-state index contributed by atoms with van der Waals surface area (Å²) in [5.74, 6) is 0.431. The van der Waals surface area contributed by atoms with Crippen molar-refractivity contribution >= 4 is 17.7 Å². The predicted molar refractivity (Wildman–Crippen MR) is 71.9 cm³/mol. The SMILES string of the molecule is CC[C@H](CO)NC(=O)c1c(C)nc(C)nc1SC. The molecule has 2 N–H and O–H groups in total. The molecule has 0 saturated heterocycles. The number of aliphatic hydroxyl groups is 1. The smallest absolute Gasteiger partial charge is 0.256 e. The van der Waals surface area contributed by atoms with Gasteiger partial charge in [-0.25, -0.2) is 9.97 Å². The molecule has 0 spiro atoms. The highest BCUT2D eigenvalue weighted by molar-refractivity contribution is 7.98. The molecule has 0 unspecified atom stereocenters. The van der Waals surface area contributed by atoms with Gasteiger partial charge in [0, 0.05) is 0 Å². The quantitative estimate of drug-likeness (QED) is 0.623. The number of hydrogen-bond donors (Lipinski definition) is 2. The Kier molecular flexibility index (Phi) is 5.55. The van der Waals surface area contributed by atoms with Gasteiger partial charge in [0.15, 0.2) is 0 Å². The zero-order chi connectivity index (χ0) is 13.7. The van der Waals surface area contributed by atoms with Crippen LogP contribution in [0.25, 0.3) is 0 Å². The Bertz CT molecular complexity index is 434. The van der Waals surface area contributed by atoms with Gasteiger partial charge in [-0.1, -0.05) is 6.92 Å². The van der Waals surface area contributed by atoms with Crippen LogP contribution in [-0.4, -0.2) is 39.9 Å². The maximum absolute atomic E-state index is 12.2. The summed E-state index contributed by atoms with van der Waals surface area (Å²) < 4.78 is 0. The van der Waals surface area contributed by atoms with Crippen LogP contribution in [0.2, 0.25) is 0 Å². The normalized spacial score (nSPS) is 12.3. The van der Waals surface area contributed by atoms with Gasteiger partial charge >= 0.3 is 0 Å². The van der Waals surface area contributed by atoms with Gasteiger partial charge < -0.3 is 10.4 Å². The van der Waals surface area contributed by atoms with Gasteiger partial charge in [-0.15, -0.1) is 11.8 Å². The molecule has 0 bridgehead atoms. The molecule has 0 radical (unpaired) electrons. The van der Waals surface area contributed by atoms with Crippen molar-refractivity contribution in [2.24, 2.45) is 0 Å². The second-order valence-electron chi connectivity index (χ2n) is 4.00. The Morgan fingerprint density at radius 1 is 1.44 bits per heavy atom. The molecular weight excluding hydrogens is 250 g/mol. The molecule has 1 aromatic rings. The molecule has 1 rings (SSSR count). The van der Waals surface area contributed by atoms with E-state index >= 15 is 0 Å². The van der Waals surface area contributed by atoms with Crippen molar-refractivity contribution in [1.82, 2.24) is 15.3 Å². The molecule has 6 heteroatoms. The largest absolute Gasteiger partial charge is 0.394 e. The molecule has 0 aliphatic carbocycles. The third kappa shape index (κ3) is 3.43. The van der Waals surface area contributed by atoms with Gasteiger partial charge in [-0.2, -0.15) is 0 Å². The Morgan fingerprint density at radius 3 is 2.61 bits per heavy atom. The predicted octanol–water partition coefficient (Wildman–Crippen LogP) is 1.32. The lowest BCUT2D eigenvalue weighted by Gasteiger charge is -2.16. The number of aryl methyl sites for hydroxylation is 2. The highest BCUT2D eigenvalue weighted by Crippen LogP contribution is 2.20. The zero-order valence-electron chi connectivity index (χ0n) is 11.1. The molecule has 1 amide bonds. The highest BCUT2D eigenvalue weighted by atomic mass is 32.2. The topological polar surface area (TPSA) is 75.1 Å². The van der Waals surface area contributed by atoms with Crippen LogP contribution in [0.4, 0.5) is 0 Å². The minimum Gasteiger partial charge on any atom is -0.394 e. The van der Waals surface area contributed by atoms with Gasteiger partial charge in [0.2, 0.25) is 0 Å². The van der Waals surface area contributed by atoms with E-state index in [-0.39, 0.29) is 18.6 Å². The van der Waals surface area contributed by atoms with Gasteiger partial charge in [-0.05, 0) is 26.5 Å². The van der Waals surface area contributed by atoms with Crippen LogP contribution in [0.5, 0.6) is 0 Å². The van der Waals surface area contributed by atoms with E-state index in [4.69, 9.17) is 5.11 Å². The van der Waals surface area contributed by atoms with E-state index in [2.05, 4.69) is 15.3 Å². The van der Waals surface area contributed by atoms with Gasteiger partial charge in [0.1, 0.15) is 10.9 Å². The van der Waals surface area contributed by atoms with Crippen LogP contribution >= 0.6 is 11.8 Å². The molecule has 0 aliphatic heterocycles. The second kappa shape index (κ2) is 6.70. The molecule has 18 heavy (non-hydrogen) atoms. The van der Waals surface area contributed by atoms with Crippen LogP contribution in [0.3, 0.4) is 0 Å². The van der Waals surface area contributed by atoms with E-state index in [0.717, 1.165) is 0 Å². The summed E-state index contributed by atoms with van der Waals surface area (Å²) in [4.78, 5) is 20.6. The summed E-state index contributed by atoms with van der Waals surface area (Å²) in [6.07, 6.45) is 2.56. The Balaban J connectivity index is 3.05. The maximum atomic E-state index is 12.2. The zero-order valence-corrected chi connectivity index (χ0v) is 12.0. The lowest BCUT2D eigenvalue weighted by molar-refractivity contribution is 0.0910. The van der Waals surface area contributed by atoms with Crippen LogP contribution in [0, 0.1) is 13.8 Å². The van der Waals surface area contributed by atoms with Gasteiger partial charge in [-0.3, -0.25) is 4.79 Å². The van der Waals surface area contributed by atoms with Crippen molar-refractivity contribution in [2.75, 3.05) is 12.9 Å². The maximum Gasteiger partial charge on any atom is 0.256 e. The third-order valence-electron chi connectivity index (χ3n) is 2.64. The van der Waals surface area contributed by atoms with E-state index in [0.29, 0.717) is 28.5 Å². The van der Waals surface area contributed by atoms with Crippen molar-refractivity contribution in [1.29, 1.82) is 0 Å². The molecule has 1 atom stereocenters. The molecule has 5 nitrogen and oxygen atoms in total. The molecule has 1 heterocycles. The minimum atomic E-state index is -0.229. The number of nitrogens with one attached hydrogen (secondary N) is 1. The van der Waals surface area contributed by atoms with E-state index in [9.17, 15) is 4.79 Å². The Labute approximate surface area is 111 Å². The first-order valence-electron chi connectivity index (χ1n) is 5.84. The minimum absolute atomic E-state index is 0.0669. The van der Waals surface area contributed by atoms with Crippen LogP contribution in [-0.2, 0) is 0 Å². The lowest BCUT2D eigenvalue weighted by atomic mass is 10.2. The van der Waals surface area contributed by atoms with Gasteiger partial charge in [0.25, 0.3) is 5.91 Å². The summed E-state index contributed by atoms with van der Waals surface area (Å²) in [7, 11) is 0. The van der Waals surface area contributed by atoms with E-state index in [1.54, 1.807) is 13.8 Å². The fourth-order valence-electron chi connectivity index (χ4n) is 1.62. The van der Waals surface area contributed by atoms with E-state index in [1.807, 2.05) is 13.2 Å². The number of amides is 1. The number of rotatable bonds is 5. The first-order valence-corrected chi connectivity index (χ1v) is 7.06. The van der Waals surface area contributed by atoms with Crippen LogP contribution < -0.4 is 5.32 Å². The van der Waals surface area contributed by atoms with E-state index < -0.39 is 0 Å². The van der Waals surface area contributed by atoms with Crippen molar-refractivity contribution in [2.45, 2.75) is 38.3 Å². The molecule has 0 fully saturated rings. The third-order valence-corrected chi connectivity index (χ3v) is 3.32. The van der Waals surface area contributed by atoms with Crippen LogP contribution in [0.15, 0.2) is 5.03 Å². The number of carbonyl (C=O) groups excluding carboxylic acids is 1. The fraction of sp³-hybridized carbons (Fsp3) is 0.583. The Hall–Kier alpha value is -1.14. The Morgan fingerprint density at radius 2 is 2.11 bits per heavy atom. The second-order valence-corrected chi connectivity index (χ2v) is 4.80. The molecule has 0 aliphatic rings. The van der Waals surface area contributed by atoms with E-state index in [1.165, 1.54) is 11.8 Å². The molecule has 0 aromatic carbocycles. The average molecular weight is 269 g/mol. The number of aromatic nitrogens is 2. The standard InChI is InChI=1S/C12H19N3O2S/c1-5-9(6-16)15-11(17)10-7(2)13-8(3)14-12(10)18-4/h9,16H,5-6H2,1-4H3,(H,15,17)/t9-/m1/s1. The number of thioether (sulfide) groups is 1. The van der Waals surface area contributed by atoms with Crippen molar-refractivity contribution in [3.8, 4) is 0 Å². The number of aliphatic hydroxyl groups excluding tert-OH is 1. The monoisotopic (exact) mass is 269 g/mol. The fourth-order valence-corrected chi connectivity index (χ4v) is 2.29. The van der Waals surface area contributed by atoms with Crippen molar-refractivity contribution in [3.63, 3.8) is 0 Å². The number of nitrogens with zero attached hydrogens (tertiary/aromatic N) is 2. The number of carbonyl (C=O) groups is 1. The molecular formula is C12H19N3O2S. The number of hydrogen-bond acceptors (Lipinski definition) is 5.